The van der Waals surface area contributed by atoms with E-state index in [-0.39, 0.29) is 28.5 Å². The summed E-state index contributed by atoms with van der Waals surface area (Å²) < 4.78 is 12.9. The van der Waals surface area contributed by atoms with Crippen LogP contribution in [0, 0.1) is 15.9 Å². The van der Waals surface area contributed by atoms with Crippen molar-refractivity contribution < 1.29 is 9.31 Å². The Balaban J connectivity index is 2.27. The largest absolute Gasteiger partial charge is 0.358 e. The maximum Gasteiger partial charge on any atom is 0.311 e. The lowest BCUT2D eigenvalue weighted by Crippen LogP contribution is -2.10. The third-order valence-electron chi connectivity index (χ3n) is 2.76. The predicted octanol–water partition coefficient (Wildman–Crippen LogP) is 3.96. The van der Waals surface area contributed by atoms with Crippen molar-refractivity contribution in [2.24, 2.45) is 0 Å². The van der Waals surface area contributed by atoms with Crippen molar-refractivity contribution in [3.05, 3.63) is 63.0 Å². The van der Waals surface area contributed by atoms with E-state index in [9.17, 15) is 14.5 Å². The van der Waals surface area contributed by atoms with E-state index in [1.165, 1.54) is 24.3 Å². The molecule has 0 saturated heterocycles. The van der Waals surface area contributed by atoms with Crippen molar-refractivity contribution in [1.82, 2.24) is 4.98 Å². The van der Waals surface area contributed by atoms with Crippen LogP contribution in [0.25, 0.3) is 0 Å². The maximum atomic E-state index is 12.9. The Hall–Kier alpha value is -2.21. The van der Waals surface area contributed by atoms with Gasteiger partial charge in [-0.05, 0) is 30.7 Å². The van der Waals surface area contributed by atoms with Crippen molar-refractivity contribution in [2.75, 3.05) is 5.32 Å². The minimum Gasteiger partial charge on any atom is -0.358 e. The van der Waals surface area contributed by atoms with Gasteiger partial charge in [0.05, 0.1) is 11.0 Å². The van der Waals surface area contributed by atoms with Crippen LogP contribution in [0.2, 0.25) is 5.15 Å². The van der Waals surface area contributed by atoms with Crippen LogP contribution in [0.1, 0.15) is 18.5 Å². The Morgan fingerprint density at radius 3 is 2.55 bits per heavy atom. The standard InChI is InChI=1S/C13H11ClFN3O2/c1-8(9-2-4-10(15)5-3-9)16-13-11(18(19)20)6-7-12(14)17-13/h2-8H,1H3,(H,16,17)/t8-/m1/s1. The highest BCUT2D eigenvalue weighted by atomic mass is 35.5. The average molecular weight is 296 g/mol. The van der Waals surface area contributed by atoms with Crippen LogP contribution in [0.4, 0.5) is 15.9 Å². The first-order chi connectivity index (χ1) is 9.47. The van der Waals surface area contributed by atoms with Crippen LogP contribution in [0.5, 0.6) is 0 Å². The summed E-state index contributed by atoms with van der Waals surface area (Å²) in [5, 5.41) is 14.0. The van der Waals surface area contributed by atoms with Gasteiger partial charge in [0.25, 0.3) is 0 Å². The van der Waals surface area contributed by atoms with E-state index in [2.05, 4.69) is 10.3 Å². The number of nitrogens with one attached hydrogen (secondary N) is 1. The number of hydrogen-bond donors (Lipinski definition) is 1. The lowest BCUT2D eigenvalue weighted by atomic mass is 10.1. The van der Waals surface area contributed by atoms with E-state index < -0.39 is 4.92 Å². The summed E-state index contributed by atoms with van der Waals surface area (Å²) in [6.07, 6.45) is 0. The Labute approximate surface area is 119 Å². The molecule has 2 aromatic rings. The maximum absolute atomic E-state index is 12.9. The number of hydrogen-bond acceptors (Lipinski definition) is 4. The van der Waals surface area contributed by atoms with Crippen molar-refractivity contribution in [2.45, 2.75) is 13.0 Å². The number of rotatable bonds is 4. The summed E-state index contributed by atoms with van der Waals surface area (Å²) in [4.78, 5) is 14.3. The number of benzene rings is 1. The van der Waals surface area contributed by atoms with Crippen LogP contribution in [0.15, 0.2) is 36.4 Å². The molecular formula is C13H11ClFN3O2. The Bertz CT molecular complexity index is 634. The normalized spacial score (nSPS) is 11.9. The molecule has 0 fully saturated rings. The summed E-state index contributed by atoms with van der Waals surface area (Å²) in [6.45, 7) is 1.79. The number of pyridine rings is 1. The molecule has 0 saturated carbocycles. The van der Waals surface area contributed by atoms with Gasteiger partial charge in [-0.15, -0.1) is 0 Å². The molecule has 0 spiro atoms. The van der Waals surface area contributed by atoms with Crippen LogP contribution in [-0.2, 0) is 0 Å². The van der Waals surface area contributed by atoms with Crippen molar-refractivity contribution >= 4 is 23.1 Å². The molecule has 0 aliphatic heterocycles. The van der Waals surface area contributed by atoms with E-state index in [0.717, 1.165) is 5.56 Å². The van der Waals surface area contributed by atoms with Gasteiger partial charge in [0.15, 0.2) is 0 Å². The molecule has 0 aliphatic rings. The minimum absolute atomic E-state index is 0.0827. The molecule has 1 aromatic carbocycles. The van der Waals surface area contributed by atoms with Crippen LogP contribution in [-0.4, -0.2) is 9.91 Å². The number of aromatic nitrogens is 1. The first kappa shape index (κ1) is 14.2. The molecule has 1 aromatic heterocycles. The quantitative estimate of drug-likeness (QED) is 0.527. The zero-order valence-electron chi connectivity index (χ0n) is 10.5. The first-order valence-electron chi connectivity index (χ1n) is 5.80. The fraction of sp³-hybridized carbons (Fsp3) is 0.154. The summed E-state index contributed by atoms with van der Waals surface area (Å²) in [6, 6.07) is 8.22. The molecular weight excluding hydrogens is 285 g/mol. The highest BCUT2D eigenvalue weighted by Gasteiger charge is 2.18. The van der Waals surface area contributed by atoms with Crippen LogP contribution in [0.3, 0.4) is 0 Å². The molecule has 0 unspecified atom stereocenters. The molecule has 0 radical (unpaired) electrons. The lowest BCUT2D eigenvalue weighted by molar-refractivity contribution is -0.384. The van der Waals surface area contributed by atoms with E-state index in [1.807, 2.05) is 0 Å². The first-order valence-corrected chi connectivity index (χ1v) is 6.18. The van der Waals surface area contributed by atoms with E-state index in [0.29, 0.717) is 0 Å². The van der Waals surface area contributed by atoms with Gasteiger partial charge in [-0.2, -0.15) is 0 Å². The van der Waals surface area contributed by atoms with Gasteiger partial charge >= 0.3 is 5.69 Å². The fourth-order valence-electron chi connectivity index (χ4n) is 1.72. The topological polar surface area (TPSA) is 68.1 Å². The summed E-state index contributed by atoms with van der Waals surface area (Å²) in [7, 11) is 0. The average Bonchev–Trinajstić information content (AvgIpc) is 2.39. The van der Waals surface area contributed by atoms with Gasteiger partial charge < -0.3 is 5.32 Å². The molecule has 20 heavy (non-hydrogen) atoms. The SMILES string of the molecule is C[C@@H](Nc1nc(Cl)ccc1[N+](=O)[O-])c1ccc(F)cc1. The van der Waals surface area contributed by atoms with Gasteiger partial charge in [0.2, 0.25) is 5.82 Å². The van der Waals surface area contributed by atoms with Gasteiger partial charge in [0.1, 0.15) is 11.0 Å². The van der Waals surface area contributed by atoms with Crippen LogP contribution >= 0.6 is 11.6 Å². The summed E-state index contributed by atoms with van der Waals surface area (Å²) in [5.41, 5.74) is 0.617. The van der Waals surface area contributed by atoms with Gasteiger partial charge in [-0.3, -0.25) is 10.1 Å². The van der Waals surface area contributed by atoms with Crippen molar-refractivity contribution in [1.29, 1.82) is 0 Å². The number of nitro groups is 1. The van der Waals surface area contributed by atoms with Crippen molar-refractivity contribution in [3.8, 4) is 0 Å². The minimum atomic E-state index is -0.539. The fourth-order valence-corrected chi connectivity index (χ4v) is 1.87. The molecule has 2 rings (SSSR count). The molecule has 0 bridgehead atoms. The smallest absolute Gasteiger partial charge is 0.311 e. The monoisotopic (exact) mass is 295 g/mol. The molecule has 7 heteroatoms. The van der Waals surface area contributed by atoms with E-state index in [4.69, 9.17) is 11.6 Å². The third kappa shape index (κ3) is 3.21. The molecule has 5 nitrogen and oxygen atoms in total. The van der Waals surface area contributed by atoms with E-state index in [1.54, 1.807) is 19.1 Å². The number of nitrogens with zero attached hydrogens (tertiary/aromatic N) is 2. The molecule has 1 N–H and O–H groups in total. The van der Waals surface area contributed by atoms with E-state index >= 15 is 0 Å². The Morgan fingerprint density at radius 2 is 1.95 bits per heavy atom. The zero-order chi connectivity index (χ0) is 14.7. The highest BCUT2D eigenvalue weighted by molar-refractivity contribution is 6.29. The van der Waals surface area contributed by atoms with Gasteiger partial charge in [-0.25, -0.2) is 9.37 Å². The molecule has 1 atom stereocenters. The summed E-state index contributed by atoms with van der Waals surface area (Å²) in [5.74, 6) is -0.257. The highest BCUT2D eigenvalue weighted by Crippen LogP contribution is 2.27. The lowest BCUT2D eigenvalue weighted by Gasteiger charge is -2.15. The Morgan fingerprint density at radius 1 is 1.30 bits per heavy atom. The summed E-state index contributed by atoms with van der Waals surface area (Å²) >= 11 is 5.75. The molecule has 0 aliphatic carbocycles. The van der Waals surface area contributed by atoms with Crippen molar-refractivity contribution in [3.63, 3.8) is 0 Å². The second-order valence-corrected chi connectivity index (χ2v) is 4.56. The van der Waals surface area contributed by atoms with Gasteiger partial charge in [-0.1, -0.05) is 23.7 Å². The second kappa shape index (κ2) is 5.83. The van der Waals surface area contributed by atoms with Gasteiger partial charge in [0, 0.05) is 6.07 Å². The third-order valence-corrected chi connectivity index (χ3v) is 2.97. The Kier molecular flexibility index (Phi) is 4.14. The second-order valence-electron chi connectivity index (χ2n) is 4.18. The molecule has 0 amide bonds. The molecule has 104 valence electrons. The number of halogens is 2. The molecule has 1 heterocycles. The van der Waals surface area contributed by atoms with Crippen LogP contribution < -0.4 is 5.32 Å². The zero-order valence-corrected chi connectivity index (χ0v) is 11.3. The number of anilines is 1. The predicted molar refractivity (Wildman–Crippen MR) is 74.3 cm³/mol.